The number of hydrogen-bond donors (Lipinski definition) is 0. The van der Waals surface area contributed by atoms with E-state index in [0.717, 1.165) is 48.0 Å². The van der Waals surface area contributed by atoms with E-state index in [0.29, 0.717) is 30.5 Å². The number of aryl methyl sites for hydroxylation is 1. The molecule has 0 saturated heterocycles. The van der Waals surface area contributed by atoms with Gasteiger partial charge in [0, 0.05) is 34.7 Å². The van der Waals surface area contributed by atoms with Crippen LogP contribution in [0.3, 0.4) is 0 Å². The van der Waals surface area contributed by atoms with Gasteiger partial charge in [0.2, 0.25) is 5.91 Å². The van der Waals surface area contributed by atoms with E-state index in [2.05, 4.69) is 0 Å². The number of benzene rings is 1. The van der Waals surface area contributed by atoms with Crippen LogP contribution in [0.15, 0.2) is 45.9 Å². The normalized spacial score (nSPS) is 13.4. The third kappa shape index (κ3) is 4.82. The summed E-state index contributed by atoms with van der Waals surface area (Å²) >= 11 is 7.82. The van der Waals surface area contributed by atoms with Gasteiger partial charge in [-0.05, 0) is 55.5 Å². The van der Waals surface area contributed by atoms with Crippen LogP contribution in [-0.4, -0.2) is 41.8 Å². The minimum absolute atomic E-state index is 0.0666. The monoisotopic (exact) mass is 444 g/mol. The molecule has 2 heterocycles. The summed E-state index contributed by atoms with van der Waals surface area (Å²) in [5.74, 6) is 1.20. The van der Waals surface area contributed by atoms with Gasteiger partial charge in [0.25, 0.3) is 0 Å². The number of amides is 1. The maximum Gasteiger partial charge on any atom is 0.233 e. The van der Waals surface area contributed by atoms with Crippen LogP contribution in [-0.2, 0) is 28.9 Å². The molecule has 0 spiro atoms. The van der Waals surface area contributed by atoms with E-state index in [1.165, 1.54) is 10.5 Å². The minimum atomic E-state index is 0.0666. The zero-order valence-corrected chi connectivity index (χ0v) is 18.6. The van der Waals surface area contributed by atoms with Gasteiger partial charge in [-0.3, -0.25) is 9.78 Å². The molecule has 0 atom stereocenters. The van der Waals surface area contributed by atoms with Gasteiger partial charge in [0.15, 0.2) is 0 Å². The molecule has 158 valence electrons. The van der Waals surface area contributed by atoms with Gasteiger partial charge < -0.3 is 14.1 Å². The Hall–Kier alpha value is -2.02. The molecule has 1 aliphatic rings. The van der Waals surface area contributed by atoms with Gasteiger partial charge in [0.1, 0.15) is 5.76 Å². The van der Waals surface area contributed by atoms with Crippen molar-refractivity contribution in [1.29, 1.82) is 0 Å². The standard InChI is InChI=1S/C23H25ClN2O3S/c1-28-12-10-26(14-17-5-4-11-29-17)22(27)15-30-23-18-6-2-3-7-20(18)25-21-13-16(24)8-9-19(21)23/h4-5,8-9,11,13H,2-3,6-7,10,12,14-15H2,1H3. The summed E-state index contributed by atoms with van der Waals surface area (Å²) in [5, 5.41) is 1.76. The molecule has 2 aromatic heterocycles. The number of halogens is 1. The number of carbonyl (C=O) groups excluding carboxylic acids is 1. The van der Waals surface area contributed by atoms with Crippen molar-refractivity contribution in [1.82, 2.24) is 9.88 Å². The van der Waals surface area contributed by atoms with Crippen molar-refractivity contribution in [2.75, 3.05) is 26.0 Å². The number of rotatable bonds is 8. The Kier molecular flexibility index (Phi) is 6.97. The quantitative estimate of drug-likeness (QED) is 0.451. The highest BCUT2D eigenvalue weighted by molar-refractivity contribution is 8.00. The second kappa shape index (κ2) is 9.86. The number of thioether (sulfide) groups is 1. The van der Waals surface area contributed by atoms with Crippen molar-refractivity contribution in [3.8, 4) is 0 Å². The van der Waals surface area contributed by atoms with Crippen LogP contribution in [0.1, 0.15) is 29.9 Å². The molecular formula is C23H25ClN2O3S. The number of methoxy groups -OCH3 is 1. The number of nitrogens with zero attached hydrogens (tertiary/aromatic N) is 2. The molecule has 30 heavy (non-hydrogen) atoms. The maximum absolute atomic E-state index is 13.1. The van der Waals surface area contributed by atoms with Gasteiger partial charge in [-0.1, -0.05) is 17.7 Å². The molecule has 0 fully saturated rings. The number of ether oxygens (including phenoxy) is 1. The summed E-state index contributed by atoms with van der Waals surface area (Å²) in [6.07, 6.45) is 5.94. The molecule has 3 aromatic rings. The van der Waals surface area contributed by atoms with E-state index < -0.39 is 0 Å². The Morgan fingerprint density at radius 2 is 2.17 bits per heavy atom. The van der Waals surface area contributed by atoms with Gasteiger partial charge in [-0.25, -0.2) is 0 Å². The second-order valence-corrected chi connectivity index (χ2v) is 8.83. The van der Waals surface area contributed by atoms with Crippen LogP contribution in [0.5, 0.6) is 0 Å². The fourth-order valence-corrected chi connectivity index (χ4v) is 5.17. The van der Waals surface area contributed by atoms with Crippen LogP contribution in [0.25, 0.3) is 10.9 Å². The van der Waals surface area contributed by atoms with E-state index in [4.69, 9.17) is 25.7 Å². The average molecular weight is 445 g/mol. The minimum Gasteiger partial charge on any atom is -0.467 e. The summed E-state index contributed by atoms with van der Waals surface area (Å²) in [4.78, 5) is 20.9. The van der Waals surface area contributed by atoms with Crippen LogP contribution in [0.2, 0.25) is 5.02 Å². The third-order valence-corrected chi connectivity index (χ3v) is 6.74. The van der Waals surface area contributed by atoms with Crippen molar-refractivity contribution in [2.45, 2.75) is 37.1 Å². The lowest BCUT2D eigenvalue weighted by molar-refractivity contribution is -0.129. The number of fused-ring (bicyclic) bond motifs is 2. The van der Waals surface area contributed by atoms with E-state index in [1.807, 2.05) is 30.3 Å². The van der Waals surface area contributed by atoms with E-state index in [-0.39, 0.29) is 5.91 Å². The molecule has 0 aliphatic heterocycles. The lowest BCUT2D eigenvalue weighted by Gasteiger charge is -2.23. The van der Waals surface area contributed by atoms with Gasteiger partial charge >= 0.3 is 0 Å². The van der Waals surface area contributed by atoms with Crippen molar-refractivity contribution in [3.05, 3.63) is 58.6 Å². The zero-order valence-electron chi connectivity index (χ0n) is 17.0. The molecule has 0 N–H and O–H groups in total. The van der Waals surface area contributed by atoms with Crippen molar-refractivity contribution >= 4 is 40.2 Å². The van der Waals surface area contributed by atoms with Crippen molar-refractivity contribution < 1.29 is 13.9 Å². The smallest absolute Gasteiger partial charge is 0.233 e. The van der Waals surface area contributed by atoms with E-state index in [9.17, 15) is 4.79 Å². The second-order valence-electron chi connectivity index (χ2n) is 7.41. The predicted octanol–water partition coefficient (Wildman–Crippen LogP) is 5.13. The lowest BCUT2D eigenvalue weighted by atomic mass is 9.94. The SMILES string of the molecule is COCCN(Cc1ccco1)C(=O)CSc1c2c(nc3cc(Cl)ccc13)CCCC2. The lowest BCUT2D eigenvalue weighted by Crippen LogP contribution is -2.34. The Labute approximate surface area is 185 Å². The van der Waals surface area contributed by atoms with Gasteiger partial charge in [0.05, 0.1) is 30.7 Å². The molecule has 5 nitrogen and oxygen atoms in total. The fourth-order valence-electron chi connectivity index (χ4n) is 3.83. The third-order valence-electron chi connectivity index (χ3n) is 5.36. The molecule has 1 amide bonds. The number of hydrogen-bond acceptors (Lipinski definition) is 5. The Morgan fingerprint density at radius 3 is 2.97 bits per heavy atom. The highest BCUT2D eigenvalue weighted by atomic mass is 35.5. The number of aromatic nitrogens is 1. The molecular weight excluding hydrogens is 420 g/mol. The van der Waals surface area contributed by atoms with Crippen LogP contribution < -0.4 is 0 Å². The first kappa shape index (κ1) is 21.2. The first-order chi connectivity index (χ1) is 14.7. The molecule has 7 heteroatoms. The highest BCUT2D eigenvalue weighted by Gasteiger charge is 2.21. The molecule has 1 aromatic carbocycles. The molecule has 0 radical (unpaired) electrons. The van der Waals surface area contributed by atoms with Crippen LogP contribution >= 0.6 is 23.4 Å². The number of furan rings is 1. The summed E-state index contributed by atoms with van der Waals surface area (Å²) in [6, 6.07) is 9.56. The summed E-state index contributed by atoms with van der Waals surface area (Å²) in [7, 11) is 1.64. The Bertz CT molecular complexity index is 1020. The zero-order chi connectivity index (χ0) is 20.9. The van der Waals surface area contributed by atoms with Crippen LogP contribution in [0, 0.1) is 0 Å². The summed E-state index contributed by atoms with van der Waals surface area (Å²) < 4.78 is 10.6. The average Bonchev–Trinajstić information content (AvgIpc) is 3.27. The fraction of sp³-hybridized carbons (Fsp3) is 0.391. The molecule has 0 saturated carbocycles. The number of pyridine rings is 1. The van der Waals surface area contributed by atoms with Gasteiger partial charge in [-0.2, -0.15) is 0 Å². The topological polar surface area (TPSA) is 55.6 Å². The summed E-state index contributed by atoms with van der Waals surface area (Å²) in [5.41, 5.74) is 3.35. The van der Waals surface area contributed by atoms with Crippen molar-refractivity contribution in [3.63, 3.8) is 0 Å². The molecule has 0 unspecified atom stereocenters. The number of carbonyl (C=O) groups is 1. The largest absolute Gasteiger partial charge is 0.467 e. The molecule has 1 aliphatic carbocycles. The molecule has 0 bridgehead atoms. The predicted molar refractivity (Wildman–Crippen MR) is 120 cm³/mol. The van der Waals surface area contributed by atoms with E-state index in [1.54, 1.807) is 30.0 Å². The first-order valence-electron chi connectivity index (χ1n) is 10.2. The van der Waals surface area contributed by atoms with Crippen molar-refractivity contribution in [2.24, 2.45) is 0 Å². The van der Waals surface area contributed by atoms with Crippen LogP contribution in [0.4, 0.5) is 0 Å². The van der Waals surface area contributed by atoms with Gasteiger partial charge in [-0.15, -0.1) is 11.8 Å². The van der Waals surface area contributed by atoms with E-state index >= 15 is 0 Å². The first-order valence-corrected chi connectivity index (χ1v) is 11.5. The summed E-state index contributed by atoms with van der Waals surface area (Å²) in [6.45, 7) is 1.46. The Morgan fingerprint density at radius 1 is 1.30 bits per heavy atom. The Balaban J connectivity index is 1.57. The highest BCUT2D eigenvalue weighted by Crippen LogP contribution is 2.37. The molecule has 4 rings (SSSR count). The maximum atomic E-state index is 13.1.